The van der Waals surface area contributed by atoms with Crippen LogP contribution < -0.4 is 0 Å². The van der Waals surface area contributed by atoms with Crippen LogP contribution in [0, 0.1) is 5.92 Å². The number of pyridine rings is 1. The molecule has 1 spiro atoms. The number of sulfonamides is 1. The molecule has 1 aromatic heterocycles. The van der Waals surface area contributed by atoms with Crippen molar-refractivity contribution in [1.82, 2.24) is 14.2 Å². The van der Waals surface area contributed by atoms with Crippen molar-refractivity contribution < 1.29 is 13.2 Å². The number of aromatic nitrogens is 1. The summed E-state index contributed by atoms with van der Waals surface area (Å²) in [6.07, 6.45) is 6.35. The molecular formula is C18H29N3O3S. The second-order valence-corrected chi connectivity index (χ2v) is 9.55. The Kier molecular flexibility index (Phi) is 5.78. The average Bonchev–Trinajstić information content (AvgIpc) is 2.55. The molecule has 2 aliphatic rings. The molecule has 7 heteroatoms. The van der Waals surface area contributed by atoms with E-state index in [1.165, 1.54) is 0 Å². The van der Waals surface area contributed by atoms with Gasteiger partial charge in [-0.05, 0) is 56.5 Å². The van der Waals surface area contributed by atoms with E-state index in [9.17, 15) is 8.42 Å². The Balaban J connectivity index is 1.51. The van der Waals surface area contributed by atoms with Crippen molar-refractivity contribution in [2.45, 2.75) is 38.3 Å². The lowest BCUT2D eigenvalue weighted by atomic mass is 9.77. The number of piperidine rings is 1. The van der Waals surface area contributed by atoms with Gasteiger partial charge in [0, 0.05) is 37.6 Å². The molecule has 6 nitrogen and oxygen atoms in total. The Morgan fingerprint density at radius 3 is 2.72 bits per heavy atom. The Morgan fingerprint density at radius 2 is 2.04 bits per heavy atom. The lowest BCUT2D eigenvalue weighted by molar-refractivity contribution is -0.0600. The third kappa shape index (κ3) is 4.22. The van der Waals surface area contributed by atoms with Gasteiger partial charge in [0.15, 0.2) is 0 Å². The number of likely N-dealkylation sites (tertiary alicyclic amines) is 1. The van der Waals surface area contributed by atoms with Gasteiger partial charge in [0.05, 0.1) is 12.4 Å². The van der Waals surface area contributed by atoms with Crippen LogP contribution in [0.3, 0.4) is 0 Å². The lowest BCUT2D eigenvalue weighted by Crippen LogP contribution is -2.72. The first-order valence-corrected chi connectivity index (χ1v) is 10.7. The minimum Gasteiger partial charge on any atom is -0.376 e. The SMILES string of the molecule is CCCS(=O)(=O)N1CC2(C[C@H](COCc3ccncc3)CCN2C)C1. The summed E-state index contributed by atoms with van der Waals surface area (Å²) in [7, 11) is -0.951. The van der Waals surface area contributed by atoms with E-state index in [-0.39, 0.29) is 11.3 Å². The molecule has 0 bridgehead atoms. The predicted molar refractivity (Wildman–Crippen MR) is 97.6 cm³/mol. The Hall–Kier alpha value is -1.02. The average molecular weight is 368 g/mol. The number of rotatable bonds is 7. The Labute approximate surface area is 151 Å². The van der Waals surface area contributed by atoms with Crippen LogP contribution in [0.25, 0.3) is 0 Å². The lowest BCUT2D eigenvalue weighted by Gasteiger charge is -2.57. The van der Waals surface area contributed by atoms with Gasteiger partial charge in [0.1, 0.15) is 0 Å². The van der Waals surface area contributed by atoms with E-state index in [2.05, 4.69) is 16.9 Å². The van der Waals surface area contributed by atoms with Gasteiger partial charge in [-0.1, -0.05) is 6.92 Å². The largest absolute Gasteiger partial charge is 0.376 e. The summed E-state index contributed by atoms with van der Waals surface area (Å²) in [6.45, 7) is 5.53. The fraction of sp³-hybridized carbons (Fsp3) is 0.722. The standard InChI is InChI=1S/C18H29N3O3S/c1-3-10-25(22,23)21-14-18(15-21)11-17(6-9-20(18)2)13-24-12-16-4-7-19-8-5-16/h4-5,7-8,17H,3,6,9-15H2,1-2H3/t17-/m1/s1. The van der Waals surface area contributed by atoms with Crippen molar-refractivity contribution in [2.75, 3.05) is 39.0 Å². The van der Waals surface area contributed by atoms with Crippen LogP contribution in [0.15, 0.2) is 24.5 Å². The van der Waals surface area contributed by atoms with Gasteiger partial charge < -0.3 is 4.74 Å². The second kappa shape index (κ2) is 7.70. The zero-order valence-electron chi connectivity index (χ0n) is 15.2. The maximum Gasteiger partial charge on any atom is 0.214 e. The van der Waals surface area contributed by atoms with Crippen LogP contribution in [0.2, 0.25) is 0 Å². The van der Waals surface area contributed by atoms with Crippen LogP contribution in [-0.2, 0) is 21.4 Å². The zero-order chi connectivity index (χ0) is 17.9. The summed E-state index contributed by atoms with van der Waals surface area (Å²) in [5, 5.41) is 0. The zero-order valence-corrected chi connectivity index (χ0v) is 16.0. The molecule has 1 aromatic rings. The maximum absolute atomic E-state index is 12.2. The highest BCUT2D eigenvalue weighted by Crippen LogP contribution is 2.39. The van der Waals surface area contributed by atoms with Crippen molar-refractivity contribution in [3.05, 3.63) is 30.1 Å². The van der Waals surface area contributed by atoms with E-state index in [1.807, 2.05) is 19.1 Å². The molecule has 3 heterocycles. The molecule has 0 saturated carbocycles. The number of hydrogen-bond acceptors (Lipinski definition) is 5. The van der Waals surface area contributed by atoms with E-state index >= 15 is 0 Å². The quantitative estimate of drug-likeness (QED) is 0.734. The molecule has 1 atom stereocenters. The molecule has 2 fully saturated rings. The van der Waals surface area contributed by atoms with E-state index < -0.39 is 10.0 Å². The topological polar surface area (TPSA) is 62.7 Å². The molecule has 0 aromatic carbocycles. The minimum atomic E-state index is -3.07. The monoisotopic (exact) mass is 367 g/mol. The summed E-state index contributed by atoms with van der Waals surface area (Å²) in [6, 6.07) is 3.94. The fourth-order valence-electron chi connectivity index (χ4n) is 3.94. The first kappa shape index (κ1) is 18.8. The third-order valence-corrected chi connectivity index (χ3v) is 7.49. The van der Waals surface area contributed by atoms with Gasteiger partial charge in [0.2, 0.25) is 10.0 Å². The highest BCUT2D eigenvalue weighted by atomic mass is 32.2. The predicted octanol–water partition coefficient (Wildman–Crippen LogP) is 1.73. The van der Waals surface area contributed by atoms with Crippen LogP contribution in [-0.4, -0.2) is 67.2 Å². The molecule has 0 N–H and O–H groups in total. The number of likely N-dealkylation sites (N-methyl/N-ethyl adjacent to an activating group) is 1. The smallest absolute Gasteiger partial charge is 0.214 e. The van der Waals surface area contributed by atoms with Gasteiger partial charge in [-0.15, -0.1) is 0 Å². The molecule has 3 rings (SSSR count). The first-order valence-electron chi connectivity index (χ1n) is 9.11. The Morgan fingerprint density at radius 1 is 1.32 bits per heavy atom. The number of hydrogen-bond donors (Lipinski definition) is 0. The molecule has 2 saturated heterocycles. The maximum atomic E-state index is 12.2. The van der Waals surface area contributed by atoms with Crippen molar-refractivity contribution >= 4 is 10.0 Å². The van der Waals surface area contributed by atoms with Crippen LogP contribution in [0.4, 0.5) is 0 Å². The second-order valence-electron chi connectivity index (χ2n) is 7.46. The number of ether oxygens (including phenoxy) is 1. The summed E-state index contributed by atoms with van der Waals surface area (Å²) < 4.78 is 32.0. The van der Waals surface area contributed by atoms with E-state index in [4.69, 9.17) is 4.74 Å². The summed E-state index contributed by atoms with van der Waals surface area (Å²) in [5.74, 6) is 0.750. The molecular weight excluding hydrogens is 338 g/mol. The summed E-state index contributed by atoms with van der Waals surface area (Å²) >= 11 is 0. The fourth-order valence-corrected chi connectivity index (χ4v) is 5.59. The molecule has 0 amide bonds. The number of nitrogens with zero attached hydrogens (tertiary/aromatic N) is 3. The van der Waals surface area contributed by atoms with E-state index in [0.717, 1.165) is 31.6 Å². The van der Waals surface area contributed by atoms with Gasteiger partial charge in [0.25, 0.3) is 0 Å². The van der Waals surface area contributed by atoms with Crippen LogP contribution in [0.5, 0.6) is 0 Å². The van der Waals surface area contributed by atoms with Gasteiger partial charge >= 0.3 is 0 Å². The van der Waals surface area contributed by atoms with Crippen molar-refractivity contribution in [1.29, 1.82) is 0 Å². The van der Waals surface area contributed by atoms with Crippen LogP contribution in [0.1, 0.15) is 31.7 Å². The highest BCUT2D eigenvalue weighted by Gasteiger charge is 2.52. The van der Waals surface area contributed by atoms with Gasteiger partial charge in [-0.2, -0.15) is 4.31 Å². The van der Waals surface area contributed by atoms with Gasteiger partial charge in [-0.3, -0.25) is 9.88 Å². The first-order chi connectivity index (χ1) is 12.0. The van der Waals surface area contributed by atoms with Crippen molar-refractivity contribution in [3.8, 4) is 0 Å². The van der Waals surface area contributed by atoms with Crippen LogP contribution >= 0.6 is 0 Å². The molecule has 2 aliphatic heterocycles. The minimum absolute atomic E-state index is 0.00373. The Bertz CT molecular complexity index is 659. The van der Waals surface area contributed by atoms with Gasteiger partial charge in [-0.25, -0.2) is 8.42 Å². The highest BCUT2D eigenvalue weighted by molar-refractivity contribution is 7.89. The van der Waals surface area contributed by atoms with Crippen molar-refractivity contribution in [2.24, 2.45) is 5.92 Å². The molecule has 25 heavy (non-hydrogen) atoms. The molecule has 0 aliphatic carbocycles. The molecule has 140 valence electrons. The summed E-state index contributed by atoms with van der Waals surface area (Å²) in [4.78, 5) is 6.37. The summed E-state index contributed by atoms with van der Waals surface area (Å²) in [5.41, 5.74) is 1.14. The third-order valence-electron chi connectivity index (χ3n) is 5.52. The van der Waals surface area contributed by atoms with E-state index in [0.29, 0.717) is 32.0 Å². The molecule has 0 unspecified atom stereocenters. The molecule has 0 radical (unpaired) electrons. The van der Waals surface area contributed by atoms with Crippen molar-refractivity contribution in [3.63, 3.8) is 0 Å². The van der Waals surface area contributed by atoms with E-state index in [1.54, 1.807) is 16.7 Å². The normalized spacial score (nSPS) is 24.3.